The molecular weight excluding hydrogens is 546 g/mol. The van der Waals surface area contributed by atoms with Gasteiger partial charge in [-0.15, -0.1) is 0 Å². The van der Waals surface area contributed by atoms with Crippen LogP contribution in [-0.4, -0.2) is 29.2 Å². The summed E-state index contributed by atoms with van der Waals surface area (Å²) >= 11 is 0. The second-order valence-corrected chi connectivity index (χ2v) is 10.9. The molecule has 2 aliphatic heterocycles. The zero-order valence-corrected chi connectivity index (χ0v) is 23.9. The molecule has 0 spiro atoms. The first-order valence-corrected chi connectivity index (χ1v) is 14.6. The first-order chi connectivity index (χ1) is 21.5. The van der Waals surface area contributed by atoms with Crippen LogP contribution in [0.1, 0.15) is 17.5 Å². The molecule has 5 aromatic carbocycles. The summed E-state index contributed by atoms with van der Waals surface area (Å²) in [6.07, 6.45) is 3.78. The molecule has 6 nitrogen and oxygen atoms in total. The minimum atomic E-state index is -1.24. The maximum absolute atomic E-state index is 13.1. The highest BCUT2D eigenvalue weighted by molar-refractivity contribution is 6.53. The van der Waals surface area contributed by atoms with E-state index in [0.29, 0.717) is 5.69 Å². The molecule has 5 aromatic rings. The lowest BCUT2D eigenvalue weighted by molar-refractivity contribution is -0.129. The molecule has 0 saturated heterocycles. The number of carboxylic acid groups (broad SMARTS) is 1. The molecule has 0 unspecified atom stereocenters. The summed E-state index contributed by atoms with van der Waals surface area (Å²) in [5.74, 6) is -1.71. The molecule has 0 aliphatic carbocycles. The summed E-state index contributed by atoms with van der Waals surface area (Å²) in [7, 11) is 0. The van der Waals surface area contributed by atoms with Gasteiger partial charge in [-0.3, -0.25) is 4.79 Å². The molecule has 7 rings (SSSR count). The van der Waals surface area contributed by atoms with Crippen molar-refractivity contribution in [2.45, 2.75) is 12.8 Å². The molecule has 2 heterocycles. The van der Waals surface area contributed by atoms with Crippen molar-refractivity contribution in [1.82, 2.24) is 0 Å². The Morgan fingerprint density at radius 3 is 1.91 bits per heavy atom. The van der Waals surface area contributed by atoms with Gasteiger partial charge in [0.2, 0.25) is 0 Å². The van der Waals surface area contributed by atoms with Crippen LogP contribution < -0.4 is 9.91 Å². The third-order valence-corrected chi connectivity index (χ3v) is 8.12. The van der Waals surface area contributed by atoms with E-state index >= 15 is 0 Å². The fraction of sp³-hybridized carbons (Fsp3) is 0.0789. The van der Waals surface area contributed by atoms with Crippen molar-refractivity contribution in [2.75, 3.05) is 16.5 Å². The van der Waals surface area contributed by atoms with Gasteiger partial charge in [0.15, 0.2) is 5.71 Å². The van der Waals surface area contributed by atoms with Crippen LogP contribution >= 0.6 is 0 Å². The molecule has 0 bridgehead atoms. The van der Waals surface area contributed by atoms with Gasteiger partial charge in [-0.25, -0.2) is 4.79 Å². The van der Waals surface area contributed by atoms with E-state index in [-0.39, 0.29) is 11.3 Å². The summed E-state index contributed by atoms with van der Waals surface area (Å²) in [5, 5.41) is 14.9. The second-order valence-electron chi connectivity index (χ2n) is 10.9. The minimum Gasteiger partial charge on any atom is -0.476 e. The highest BCUT2D eigenvalue weighted by Crippen LogP contribution is 2.36. The number of rotatable bonds is 6. The van der Waals surface area contributed by atoms with Crippen molar-refractivity contribution in [2.24, 2.45) is 5.10 Å². The van der Waals surface area contributed by atoms with Gasteiger partial charge < -0.3 is 10.0 Å². The Balaban J connectivity index is 1.10. The normalized spacial score (nSPS) is 15.3. The molecule has 1 amide bonds. The second kappa shape index (κ2) is 11.5. The van der Waals surface area contributed by atoms with Gasteiger partial charge in [0.05, 0.1) is 11.3 Å². The monoisotopic (exact) mass is 575 g/mol. The number of nitrogens with zero attached hydrogens (tertiary/aromatic N) is 3. The Morgan fingerprint density at radius 2 is 1.27 bits per heavy atom. The van der Waals surface area contributed by atoms with E-state index in [4.69, 9.17) is 0 Å². The van der Waals surface area contributed by atoms with E-state index in [1.165, 1.54) is 22.5 Å². The van der Waals surface area contributed by atoms with E-state index in [1.807, 2.05) is 30.3 Å². The molecule has 2 aliphatic rings. The van der Waals surface area contributed by atoms with Crippen LogP contribution in [0.2, 0.25) is 0 Å². The molecule has 0 aromatic heterocycles. The predicted octanol–water partition coefficient (Wildman–Crippen LogP) is 7.98. The van der Waals surface area contributed by atoms with Crippen molar-refractivity contribution in [3.8, 4) is 22.3 Å². The van der Waals surface area contributed by atoms with Crippen LogP contribution in [0.3, 0.4) is 0 Å². The number of fused-ring (bicyclic) bond motifs is 1. The van der Waals surface area contributed by atoms with Crippen molar-refractivity contribution in [3.05, 3.63) is 144 Å². The van der Waals surface area contributed by atoms with Crippen LogP contribution in [0.5, 0.6) is 0 Å². The molecule has 6 heteroatoms. The number of carboxylic acids is 1. The fourth-order valence-electron chi connectivity index (χ4n) is 5.89. The average Bonchev–Trinajstić information content (AvgIpc) is 3.41. The Morgan fingerprint density at radius 1 is 0.705 bits per heavy atom. The van der Waals surface area contributed by atoms with Gasteiger partial charge in [-0.05, 0) is 88.7 Å². The summed E-state index contributed by atoms with van der Waals surface area (Å²) in [4.78, 5) is 27.4. The number of aliphatic carboxylic acids is 1. The standard InChI is InChI=1S/C38H29N3O3/c42-37-34(36(38(43)44)39-41(37)33-11-5-2-6-12-33)24-26-13-15-27(16-14-26)28-17-19-29(20-18-28)30-21-22-35-31(25-30)8-7-23-40(35)32-9-3-1-4-10-32/h1-6,9-22,24-25H,7-8,23H2,(H,43,44)/b34-24-. The van der Waals surface area contributed by atoms with Gasteiger partial charge in [0.25, 0.3) is 5.91 Å². The number of carbonyl (C=O) groups excluding carboxylic acids is 1. The largest absolute Gasteiger partial charge is 0.476 e. The maximum atomic E-state index is 13.1. The lowest BCUT2D eigenvalue weighted by atomic mass is 9.94. The predicted molar refractivity (Wildman–Crippen MR) is 176 cm³/mol. The Hall–Kier alpha value is -5.75. The van der Waals surface area contributed by atoms with E-state index in [1.54, 1.807) is 30.3 Å². The highest BCUT2D eigenvalue weighted by Gasteiger charge is 2.35. The van der Waals surface area contributed by atoms with Crippen LogP contribution in [0.15, 0.2) is 138 Å². The summed E-state index contributed by atoms with van der Waals surface area (Å²) in [6, 6.07) is 42.4. The Bertz CT molecular complexity index is 1910. The van der Waals surface area contributed by atoms with Gasteiger partial charge >= 0.3 is 5.97 Å². The number of para-hydroxylation sites is 2. The highest BCUT2D eigenvalue weighted by atomic mass is 16.4. The molecule has 214 valence electrons. The molecule has 0 radical (unpaired) electrons. The number of anilines is 3. The lowest BCUT2D eigenvalue weighted by Gasteiger charge is -2.31. The summed E-state index contributed by atoms with van der Waals surface area (Å²) < 4.78 is 0. The van der Waals surface area contributed by atoms with Gasteiger partial charge in [0, 0.05) is 17.9 Å². The third kappa shape index (κ3) is 5.18. The van der Waals surface area contributed by atoms with E-state index < -0.39 is 11.9 Å². The topological polar surface area (TPSA) is 73.2 Å². The van der Waals surface area contributed by atoms with Crippen molar-refractivity contribution >= 4 is 40.7 Å². The molecule has 0 saturated carbocycles. The van der Waals surface area contributed by atoms with Gasteiger partial charge in [-0.1, -0.05) is 91.0 Å². The van der Waals surface area contributed by atoms with Crippen LogP contribution in [-0.2, 0) is 16.0 Å². The Labute approximate surface area is 255 Å². The first kappa shape index (κ1) is 27.1. The number of carbonyl (C=O) groups is 2. The van der Waals surface area contributed by atoms with Crippen molar-refractivity contribution < 1.29 is 14.7 Å². The van der Waals surface area contributed by atoms with E-state index in [9.17, 15) is 14.7 Å². The average molecular weight is 576 g/mol. The number of hydrazone groups is 1. The SMILES string of the molecule is O=C(O)C1=NN(c2ccccc2)C(=O)/C1=C\c1ccc(-c2ccc(-c3ccc4c(c3)CCCN4c3ccccc3)cc2)cc1. The molecule has 0 fully saturated rings. The van der Waals surface area contributed by atoms with Crippen LogP contribution in [0.25, 0.3) is 28.3 Å². The molecule has 44 heavy (non-hydrogen) atoms. The van der Waals surface area contributed by atoms with Crippen molar-refractivity contribution in [1.29, 1.82) is 0 Å². The summed E-state index contributed by atoms with van der Waals surface area (Å²) in [5.41, 5.74) is 9.36. The van der Waals surface area contributed by atoms with E-state index in [0.717, 1.165) is 46.6 Å². The zero-order chi connectivity index (χ0) is 30.0. The van der Waals surface area contributed by atoms with Crippen LogP contribution in [0.4, 0.5) is 17.1 Å². The summed E-state index contributed by atoms with van der Waals surface area (Å²) in [6.45, 7) is 1.03. The van der Waals surface area contributed by atoms with Crippen LogP contribution in [0, 0.1) is 0 Å². The fourth-order valence-corrected chi connectivity index (χ4v) is 5.89. The smallest absolute Gasteiger partial charge is 0.357 e. The lowest BCUT2D eigenvalue weighted by Crippen LogP contribution is -2.24. The quantitative estimate of drug-likeness (QED) is 0.208. The number of benzene rings is 5. The van der Waals surface area contributed by atoms with Gasteiger partial charge in [-0.2, -0.15) is 10.1 Å². The maximum Gasteiger partial charge on any atom is 0.357 e. The molecule has 1 N–H and O–H groups in total. The van der Waals surface area contributed by atoms with Gasteiger partial charge in [0.1, 0.15) is 0 Å². The number of hydrogen-bond acceptors (Lipinski definition) is 4. The Kier molecular flexibility index (Phi) is 7.08. The number of amides is 1. The third-order valence-electron chi connectivity index (χ3n) is 8.12. The molecule has 0 atom stereocenters. The molecular formula is C38H29N3O3. The first-order valence-electron chi connectivity index (χ1n) is 14.6. The van der Waals surface area contributed by atoms with E-state index in [2.05, 4.69) is 82.8 Å². The van der Waals surface area contributed by atoms with Crippen molar-refractivity contribution in [3.63, 3.8) is 0 Å². The number of aryl methyl sites for hydroxylation is 1. The minimum absolute atomic E-state index is 0.0513. The zero-order valence-electron chi connectivity index (χ0n) is 23.9. The number of hydrogen-bond donors (Lipinski definition) is 1.